The molecule has 18 heavy (non-hydrogen) atoms. The first-order chi connectivity index (χ1) is 8.55. The average Bonchev–Trinajstić information content (AvgIpc) is 2.71. The van der Waals surface area contributed by atoms with Crippen molar-refractivity contribution in [2.75, 3.05) is 13.7 Å². The van der Waals surface area contributed by atoms with Gasteiger partial charge >= 0.3 is 0 Å². The first-order valence-electron chi connectivity index (χ1n) is 6.42. The van der Waals surface area contributed by atoms with E-state index >= 15 is 0 Å². The van der Waals surface area contributed by atoms with Gasteiger partial charge in [-0.15, -0.1) is 0 Å². The molecule has 1 saturated carbocycles. The topological polar surface area (TPSA) is 70.1 Å². The molecule has 1 aliphatic rings. The highest BCUT2D eigenvalue weighted by Gasteiger charge is 2.45. The Balaban J connectivity index is 2.42. The minimum absolute atomic E-state index is 0.0827. The largest absolute Gasteiger partial charge is 0.493 e. The van der Waals surface area contributed by atoms with E-state index in [1.807, 2.05) is 13.8 Å². The van der Waals surface area contributed by atoms with Crippen molar-refractivity contribution < 1.29 is 9.53 Å². The Bertz CT molecular complexity index is 442. The molecule has 100 valence electrons. The minimum atomic E-state index is -0.389. The van der Waals surface area contributed by atoms with Crippen LogP contribution in [0, 0.1) is 5.41 Å². The lowest BCUT2D eigenvalue weighted by Gasteiger charge is -2.39. The van der Waals surface area contributed by atoms with Crippen LogP contribution in [-0.2, 0) is 0 Å². The summed E-state index contributed by atoms with van der Waals surface area (Å²) in [5.41, 5.74) is 5.98. The van der Waals surface area contributed by atoms with Crippen molar-refractivity contribution in [2.24, 2.45) is 11.1 Å². The van der Waals surface area contributed by atoms with Gasteiger partial charge < -0.3 is 10.5 Å². The number of aromatic nitrogens is 2. The van der Waals surface area contributed by atoms with Crippen LogP contribution >= 0.6 is 0 Å². The van der Waals surface area contributed by atoms with Crippen LogP contribution in [0.1, 0.15) is 49.6 Å². The molecular weight excluding hydrogens is 230 g/mol. The maximum atomic E-state index is 12.7. The van der Waals surface area contributed by atoms with E-state index in [0.717, 1.165) is 19.3 Å². The summed E-state index contributed by atoms with van der Waals surface area (Å²) in [6, 6.07) is 0.128. The van der Waals surface area contributed by atoms with E-state index in [9.17, 15) is 4.79 Å². The van der Waals surface area contributed by atoms with Gasteiger partial charge in [0.1, 0.15) is 5.69 Å². The molecule has 1 fully saturated rings. The number of Topliss-reactive ketones (excluding diaryl/α,β-unsaturated/α-hetero) is 1. The van der Waals surface area contributed by atoms with Gasteiger partial charge in [0.25, 0.3) is 0 Å². The van der Waals surface area contributed by atoms with Gasteiger partial charge in [0.05, 0.1) is 13.3 Å². The molecule has 1 aliphatic carbocycles. The van der Waals surface area contributed by atoms with Gasteiger partial charge in [0, 0.05) is 18.0 Å². The normalized spacial score (nSPS) is 17.6. The van der Waals surface area contributed by atoms with E-state index in [1.54, 1.807) is 18.0 Å². The molecule has 2 N–H and O–H groups in total. The number of carbonyl (C=O) groups excluding carboxylic acids is 1. The molecule has 0 radical (unpaired) electrons. The Morgan fingerprint density at radius 2 is 2.28 bits per heavy atom. The Hall–Kier alpha value is -1.36. The summed E-state index contributed by atoms with van der Waals surface area (Å²) in [5, 5.41) is 4.24. The Labute approximate surface area is 107 Å². The van der Waals surface area contributed by atoms with Crippen LogP contribution in [0.4, 0.5) is 0 Å². The molecule has 0 aromatic carbocycles. The summed E-state index contributed by atoms with van der Waals surface area (Å²) in [7, 11) is 1.56. The summed E-state index contributed by atoms with van der Waals surface area (Å²) >= 11 is 0. The third-order valence-corrected chi connectivity index (χ3v) is 3.87. The molecule has 5 heteroatoms. The zero-order chi connectivity index (χ0) is 13.3. The standard InChI is InChI=1S/C13H21N3O2/c1-9(2)16-11(10(18-3)7-15-16)12(17)13(8-14)5-4-6-13/h7,9H,4-6,8,14H2,1-3H3. The minimum Gasteiger partial charge on any atom is -0.493 e. The Morgan fingerprint density at radius 1 is 1.61 bits per heavy atom. The summed E-state index contributed by atoms with van der Waals surface area (Å²) in [6.45, 7) is 4.40. The molecular formula is C13H21N3O2. The summed E-state index contributed by atoms with van der Waals surface area (Å²) in [5.74, 6) is 0.632. The van der Waals surface area contributed by atoms with Crippen molar-refractivity contribution in [1.82, 2.24) is 9.78 Å². The molecule has 0 aliphatic heterocycles. The maximum absolute atomic E-state index is 12.7. The molecule has 1 heterocycles. The summed E-state index contributed by atoms with van der Waals surface area (Å²) in [6.07, 6.45) is 4.42. The Morgan fingerprint density at radius 3 is 2.67 bits per heavy atom. The van der Waals surface area contributed by atoms with E-state index in [-0.39, 0.29) is 17.2 Å². The first kappa shape index (κ1) is 13.1. The van der Waals surface area contributed by atoms with Gasteiger partial charge in [-0.2, -0.15) is 5.10 Å². The fourth-order valence-corrected chi connectivity index (χ4v) is 2.48. The van der Waals surface area contributed by atoms with Gasteiger partial charge in [-0.05, 0) is 26.7 Å². The second kappa shape index (κ2) is 4.72. The van der Waals surface area contributed by atoms with E-state index in [1.165, 1.54) is 0 Å². The quantitative estimate of drug-likeness (QED) is 0.810. The van der Waals surface area contributed by atoms with Crippen molar-refractivity contribution in [1.29, 1.82) is 0 Å². The van der Waals surface area contributed by atoms with Crippen LogP contribution in [0.25, 0.3) is 0 Å². The zero-order valence-electron chi connectivity index (χ0n) is 11.3. The van der Waals surface area contributed by atoms with E-state index in [4.69, 9.17) is 10.5 Å². The van der Waals surface area contributed by atoms with Crippen LogP contribution in [0.5, 0.6) is 5.75 Å². The van der Waals surface area contributed by atoms with Gasteiger partial charge in [0.15, 0.2) is 11.5 Å². The van der Waals surface area contributed by atoms with Gasteiger partial charge in [0.2, 0.25) is 0 Å². The second-order valence-corrected chi connectivity index (χ2v) is 5.27. The number of nitrogens with two attached hydrogens (primary N) is 1. The third kappa shape index (κ3) is 1.82. The predicted molar refractivity (Wildman–Crippen MR) is 68.8 cm³/mol. The number of hydrogen-bond acceptors (Lipinski definition) is 4. The van der Waals surface area contributed by atoms with Crippen molar-refractivity contribution in [2.45, 2.75) is 39.2 Å². The summed E-state index contributed by atoms with van der Waals surface area (Å²) < 4.78 is 6.99. The zero-order valence-corrected chi connectivity index (χ0v) is 11.3. The fourth-order valence-electron chi connectivity index (χ4n) is 2.48. The fraction of sp³-hybridized carbons (Fsp3) is 0.692. The van der Waals surface area contributed by atoms with E-state index < -0.39 is 0 Å². The first-order valence-corrected chi connectivity index (χ1v) is 6.42. The van der Waals surface area contributed by atoms with E-state index in [2.05, 4.69) is 5.10 Å². The van der Waals surface area contributed by atoms with Gasteiger partial charge in [-0.1, -0.05) is 6.42 Å². The van der Waals surface area contributed by atoms with Crippen LogP contribution in [-0.4, -0.2) is 29.2 Å². The number of ketones is 1. The average molecular weight is 251 g/mol. The lowest BCUT2D eigenvalue weighted by Crippen LogP contribution is -2.45. The smallest absolute Gasteiger partial charge is 0.192 e. The molecule has 0 unspecified atom stereocenters. The number of nitrogens with zero attached hydrogens (tertiary/aromatic N) is 2. The van der Waals surface area contributed by atoms with Crippen molar-refractivity contribution in [3.05, 3.63) is 11.9 Å². The van der Waals surface area contributed by atoms with Crippen LogP contribution < -0.4 is 10.5 Å². The van der Waals surface area contributed by atoms with Gasteiger partial charge in [-0.25, -0.2) is 0 Å². The third-order valence-electron chi connectivity index (χ3n) is 3.87. The maximum Gasteiger partial charge on any atom is 0.192 e. The second-order valence-electron chi connectivity index (χ2n) is 5.27. The monoisotopic (exact) mass is 251 g/mol. The highest BCUT2D eigenvalue weighted by molar-refractivity contribution is 6.02. The lowest BCUT2D eigenvalue weighted by atomic mass is 9.65. The number of rotatable bonds is 5. The van der Waals surface area contributed by atoms with Crippen LogP contribution in [0.3, 0.4) is 0 Å². The molecule has 0 saturated heterocycles. The molecule has 0 atom stereocenters. The highest BCUT2D eigenvalue weighted by atomic mass is 16.5. The number of hydrogen-bond donors (Lipinski definition) is 1. The molecule has 1 aromatic rings. The number of methoxy groups -OCH3 is 1. The van der Waals surface area contributed by atoms with E-state index in [0.29, 0.717) is 18.0 Å². The molecule has 1 aromatic heterocycles. The summed E-state index contributed by atoms with van der Waals surface area (Å²) in [4.78, 5) is 12.7. The molecule has 0 bridgehead atoms. The van der Waals surface area contributed by atoms with Crippen molar-refractivity contribution in [3.8, 4) is 5.75 Å². The molecule has 0 spiro atoms. The molecule has 0 amide bonds. The van der Waals surface area contributed by atoms with Crippen LogP contribution in [0.2, 0.25) is 0 Å². The molecule has 2 rings (SSSR count). The Kier molecular flexibility index (Phi) is 3.43. The predicted octanol–water partition coefficient (Wildman–Crippen LogP) is 1.78. The van der Waals surface area contributed by atoms with Crippen LogP contribution in [0.15, 0.2) is 6.20 Å². The van der Waals surface area contributed by atoms with Gasteiger partial charge in [-0.3, -0.25) is 9.48 Å². The van der Waals surface area contributed by atoms with Crippen molar-refractivity contribution >= 4 is 5.78 Å². The van der Waals surface area contributed by atoms with Crippen molar-refractivity contribution in [3.63, 3.8) is 0 Å². The molecule has 5 nitrogen and oxygen atoms in total. The lowest BCUT2D eigenvalue weighted by molar-refractivity contribution is 0.0618. The SMILES string of the molecule is COc1cnn(C(C)C)c1C(=O)C1(CN)CCC1. The number of carbonyl (C=O) groups is 1. The number of ether oxygens (including phenoxy) is 1. The highest BCUT2D eigenvalue weighted by Crippen LogP contribution is 2.44.